The Morgan fingerprint density at radius 1 is 1.00 bits per heavy atom. The number of para-hydroxylation sites is 1. The number of likely N-dealkylation sites (tertiary alicyclic amines) is 1. The second kappa shape index (κ2) is 7.97. The maximum atomic E-state index is 12.9. The van der Waals surface area contributed by atoms with Gasteiger partial charge in [0.2, 0.25) is 10.0 Å². The van der Waals surface area contributed by atoms with Gasteiger partial charge in [-0.05, 0) is 56.8 Å². The summed E-state index contributed by atoms with van der Waals surface area (Å²) in [5.41, 5.74) is 0. The van der Waals surface area contributed by atoms with Crippen LogP contribution >= 0.6 is 0 Å². The lowest BCUT2D eigenvalue weighted by atomic mass is 9.95. The Balaban J connectivity index is 1.69. The highest BCUT2D eigenvalue weighted by molar-refractivity contribution is 7.89. The van der Waals surface area contributed by atoms with Crippen LogP contribution in [-0.4, -0.2) is 56.2 Å². The summed E-state index contributed by atoms with van der Waals surface area (Å²) < 4.78 is 68.8. The molecule has 152 valence electrons. The van der Waals surface area contributed by atoms with Crippen LogP contribution in [0.4, 0.5) is 13.2 Å². The van der Waals surface area contributed by atoms with Crippen molar-refractivity contribution in [1.29, 1.82) is 0 Å². The Bertz CT molecular complexity index is 738. The van der Waals surface area contributed by atoms with Gasteiger partial charge < -0.3 is 9.64 Å². The molecule has 9 heteroatoms. The van der Waals surface area contributed by atoms with Gasteiger partial charge in [-0.3, -0.25) is 0 Å². The Morgan fingerprint density at radius 3 is 2.19 bits per heavy atom. The van der Waals surface area contributed by atoms with Gasteiger partial charge in [0.25, 0.3) is 0 Å². The molecule has 5 nitrogen and oxygen atoms in total. The first-order valence-corrected chi connectivity index (χ1v) is 10.7. The average molecular weight is 406 g/mol. The van der Waals surface area contributed by atoms with E-state index in [0.717, 1.165) is 44.0 Å². The van der Waals surface area contributed by atoms with E-state index >= 15 is 0 Å². The molecule has 1 aromatic rings. The van der Waals surface area contributed by atoms with Crippen molar-refractivity contribution in [1.82, 2.24) is 9.21 Å². The van der Waals surface area contributed by atoms with Crippen LogP contribution in [0.1, 0.15) is 32.6 Å². The van der Waals surface area contributed by atoms with Crippen molar-refractivity contribution in [2.45, 2.75) is 49.9 Å². The molecular formula is C18H25F3N2O3S. The lowest BCUT2D eigenvalue weighted by Gasteiger charge is -2.41. The molecular weight excluding hydrogens is 381 g/mol. The van der Waals surface area contributed by atoms with Crippen LogP contribution in [-0.2, 0) is 10.0 Å². The van der Waals surface area contributed by atoms with E-state index in [4.69, 9.17) is 0 Å². The summed E-state index contributed by atoms with van der Waals surface area (Å²) in [5.74, 6) is 0.0454. The first-order chi connectivity index (χ1) is 12.7. The van der Waals surface area contributed by atoms with Crippen molar-refractivity contribution >= 4 is 10.0 Å². The molecule has 2 saturated heterocycles. The fourth-order valence-corrected chi connectivity index (χ4v) is 5.44. The number of hydrogen-bond acceptors (Lipinski definition) is 4. The zero-order valence-electron chi connectivity index (χ0n) is 15.3. The van der Waals surface area contributed by atoms with Crippen LogP contribution in [0.2, 0.25) is 0 Å². The largest absolute Gasteiger partial charge is 0.573 e. The lowest BCUT2D eigenvalue weighted by Crippen LogP contribution is -2.48. The predicted octanol–water partition coefficient (Wildman–Crippen LogP) is 3.47. The molecule has 0 aliphatic carbocycles. The Kier molecular flexibility index (Phi) is 6.02. The highest BCUT2D eigenvalue weighted by Gasteiger charge is 2.37. The van der Waals surface area contributed by atoms with Crippen LogP contribution < -0.4 is 4.74 Å². The van der Waals surface area contributed by atoms with Crippen molar-refractivity contribution in [3.05, 3.63) is 24.3 Å². The van der Waals surface area contributed by atoms with Gasteiger partial charge in [-0.2, -0.15) is 4.31 Å². The molecule has 27 heavy (non-hydrogen) atoms. The van der Waals surface area contributed by atoms with Crippen molar-refractivity contribution in [3.63, 3.8) is 0 Å². The third-order valence-electron chi connectivity index (χ3n) is 5.45. The van der Waals surface area contributed by atoms with Gasteiger partial charge in [-0.15, -0.1) is 13.2 Å². The van der Waals surface area contributed by atoms with Crippen LogP contribution in [0.3, 0.4) is 0 Å². The predicted molar refractivity (Wildman–Crippen MR) is 94.9 cm³/mol. The monoisotopic (exact) mass is 406 g/mol. The maximum absolute atomic E-state index is 12.9. The van der Waals surface area contributed by atoms with Crippen molar-refractivity contribution in [2.24, 2.45) is 5.92 Å². The summed E-state index contributed by atoms with van der Waals surface area (Å²) >= 11 is 0. The molecule has 0 spiro atoms. The quantitative estimate of drug-likeness (QED) is 0.768. The fraction of sp³-hybridized carbons (Fsp3) is 0.667. The second-order valence-corrected chi connectivity index (χ2v) is 9.25. The van der Waals surface area contributed by atoms with Gasteiger partial charge in [-0.25, -0.2) is 8.42 Å². The van der Waals surface area contributed by atoms with E-state index in [1.165, 1.54) is 16.4 Å². The Morgan fingerprint density at radius 2 is 1.59 bits per heavy atom. The number of sulfonamides is 1. The standard InChI is InChI=1S/C18H25F3N2O3S/c1-14-6-10-22(11-7-14)15-8-12-23(13-9-15)27(24,25)17-5-3-2-4-16(17)26-18(19,20)21/h2-5,14-15H,6-13H2,1H3. The van der Waals surface area contributed by atoms with E-state index in [9.17, 15) is 21.6 Å². The third-order valence-corrected chi connectivity index (χ3v) is 7.39. The molecule has 0 N–H and O–H groups in total. The highest BCUT2D eigenvalue weighted by Crippen LogP contribution is 2.33. The first kappa shape index (κ1) is 20.4. The van der Waals surface area contributed by atoms with Gasteiger partial charge in [0, 0.05) is 19.1 Å². The topological polar surface area (TPSA) is 49.9 Å². The molecule has 3 rings (SSSR count). The summed E-state index contributed by atoms with van der Waals surface area (Å²) in [4.78, 5) is 1.98. The van der Waals surface area contributed by atoms with Gasteiger partial charge in [-0.1, -0.05) is 19.1 Å². The smallest absolute Gasteiger partial charge is 0.404 e. The van der Waals surface area contributed by atoms with Crippen LogP contribution in [0.5, 0.6) is 5.75 Å². The fourth-order valence-electron chi connectivity index (χ4n) is 3.85. The average Bonchev–Trinajstić information content (AvgIpc) is 2.61. The molecule has 2 aliphatic heterocycles. The number of nitrogens with zero attached hydrogens (tertiary/aromatic N) is 2. The van der Waals surface area contributed by atoms with Crippen LogP contribution in [0.25, 0.3) is 0 Å². The maximum Gasteiger partial charge on any atom is 0.573 e. The van der Waals surface area contributed by atoms with E-state index in [2.05, 4.69) is 16.6 Å². The number of alkyl halides is 3. The molecule has 0 atom stereocenters. The second-order valence-electron chi connectivity index (χ2n) is 7.35. The van der Waals surface area contributed by atoms with Crippen LogP contribution in [0.15, 0.2) is 29.2 Å². The summed E-state index contributed by atoms with van der Waals surface area (Å²) in [6.07, 6.45) is -1.25. The van der Waals surface area contributed by atoms with E-state index in [1.807, 2.05) is 0 Å². The molecule has 0 amide bonds. The molecule has 0 saturated carbocycles. The van der Waals surface area contributed by atoms with Crippen molar-refractivity contribution in [2.75, 3.05) is 26.2 Å². The molecule has 0 aromatic heterocycles. The summed E-state index contributed by atoms with van der Waals surface area (Å²) in [6.45, 7) is 4.91. The minimum Gasteiger partial charge on any atom is -0.404 e. The number of halogens is 3. The molecule has 0 radical (unpaired) electrons. The normalized spacial score (nSPS) is 22.1. The van der Waals surface area contributed by atoms with E-state index in [-0.39, 0.29) is 0 Å². The molecule has 0 unspecified atom stereocenters. The van der Waals surface area contributed by atoms with Gasteiger partial charge in [0.15, 0.2) is 0 Å². The van der Waals surface area contributed by atoms with Crippen molar-refractivity contribution < 1.29 is 26.3 Å². The molecule has 2 heterocycles. The molecule has 0 bridgehead atoms. The SMILES string of the molecule is CC1CCN(C2CCN(S(=O)(=O)c3ccccc3OC(F)(F)F)CC2)CC1. The van der Waals surface area contributed by atoms with Gasteiger partial charge >= 0.3 is 6.36 Å². The minimum absolute atomic E-state index is 0.305. The summed E-state index contributed by atoms with van der Waals surface area (Å²) in [6, 6.07) is 5.25. The first-order valence-electron chi connectivity index (χ1n) is 9.26. The zero-order chi connectivity index (χ0) is 19.7. The van der Waals surface area contributed by atoms with Crippen LogP contribution in [0, 0.1) is 5.92 Å². The third kappa shape index (κ3) is 4.94. The number of hydrogen-bond donors (Lipinski definition) is 0. The number of piperidine rings is 2. The van der Waals surface area contributed by atoms with Gasteiger partial charge in [0.05, 0.1) is 0 Å². The highest BCUT2D eigenvalue weighted by atomic mass is 32.2. The molecule has 2 aliphatic rings. The molecule has 2 fully saturated rings. The van der Waals surface area contributed by atoms with E-state index < -0.39 is 27.0 Å². The Labute approximate surface area is 158 Å². The minimum atomic E-state index is -4.94. The van der Waals surface area contributed by atoms with E-state index in [0.29, 0.717) is 32.0 Å². The summed E-state index contributed by atoms with van der Waals surface area (Å²) in [5, 5.41) is 0. The zero-order valence-corrected chi connectivity index (χ0v) is 16.1. The number of rotatable bonds is 4. The Hall–Kier alpha value is -1.32. The lowest BCUT2D eigenvalue weighted by molar-refractivity contribution is -0.275. The summed E-state index contributed by atoms with van der Waals surface area (Å²) in [7, 11) is -4.04. The molecule has 1 aromatic carbocycles. The number of ether oxygens (including phenoxy) is 1. The van der Waals surface area contributed by atoms with E-state index in [1.54, 1.807) is 0 Å². The van der Waals surface area contributed by atoms with Crippen molar-refractivity contribution in [3.8, 4) is 5.75 Å². The number of benzene rings is 1. The van der Waals surface area contributed by atoms with Gasteiger partial charge in [0.1, 0.15) is 10.6 Å².